The first-order valence-corrected chi connectivity index (χ1v) is 8.96. The molecule has 0 unspecified atom stereocenters. The van der Waals surface area contributed by atoms with E-state index in [1.54, 1.807) is 7.05 Å². The van der Waals surface area contributed by atoms with E-state index in [2.05, 4.69) is 49.7 Å². The number of piperazine rings is 1. The minimum absolute atomic E-state index is 0.165. The van der Waals surface area contributed by atoms with Crippen molar-refractivity contribution in [2.45, 2.75) is 19.1 Å². The zero-order valence-electron chi connectivity index (χ0n) is 15.2. The van der Waals surface area contributed by atoms with Crippen LogP contribution in [0, 0.1) is 0 Å². The fraction of sp³-hybridized carbons (Fsp3) is 0.611. The summed E-state index contributed by atoms with van der Waals surface area (Å²) < 4.78 is 36.5. The lowest BCUT2D eigenvalue weighted by Gasteiger charge is -2.34. The van der Waals surface area contributed by atoms with Gasteiger partial charge in [-0.1, -0.05) is 30.3 Å². The van der Waals surface area contributed by atoms with Gasteiger partial charge in [0.25, 0.3) is 0 Å². The summed E-state index contributed by atoms with van der Waals surface area (Å²) in [4.78, 5) is 8.75. The van der Waals surface area contributed by atoms with Crippen molar-refractivity contribution in [3.8, 4) is 0 Å². The van der Waals surface area contributed by atoms with Crippen LogP contribution in [0.4, 0.5) is 13.2 Å². The van der Waals surface area contributed by atoms with Crippen LogP contribution in [-0.2, 0) is 6.54 Å². The van der Waals surface area contributed by atoms with Crippen molar-refractivity contribution >= 4 is 5.96 Å². The molecule has 1 aromatic rings. The fourth-order valence-electron chi connectivity index (χ4n) is 2.89. The van der Waals surface area contributed by atoms with Gasteiger partial charge >= 0.3 is 6.18 Å². The molecule has 0 spiro atoms. The maximum atomic E-state index is 12.2. The Kier molecular flexibility index (Phi) is 8.18. The van der Waals surface area contributed by atoms with Gasteiger partial charge in [-0.2, -0.15) is 13.2 Å². The normalized spacial score (nSPS) is 17.3. The summed E-state index contributed by atoms with van der Waals surface area (Å²) in [6, 6.07) is 10.4. The molecular formula is C18H28F3N5. The number of aliphatic imine (C=N–C) groups is 1. The number of nitrogens with one attached hydrogen (secondary N) is 2. The number of hydrogen-bond donors (Lipinski definition) is 2. The molecule has 0 saturated carbocycles. The van der Waals surface area contributed by atoms with E-state index >= 15 is 0 Å². The van der Waals surface area contributed by atoms with E-state index in [0.29, 0.717) is 12.5 Å². The Bertz CT molecular complexity index is 540. The average Bonchev–Trinajstić information content (AvgIpc) is 2.62. The highest BCUT2D eigenvalue weighted by Gasteiger charge is 2.26. The lowest BCUT2D eigenvalue weighted by molar-refractivity contribution is -0.132. The topological polar surface area (TPSA) is 42.9 Å². The van der Waals surface area contributed by atoms with E-state index in [1.807, 2.05) is 6.07 Å². The van der Waals surface area contributed by atoms with Crippen molar-refractivity contribution in [2.75, 3.05) is 52.9 Å². The molecule has 1 fully saturated rings. The predicted molar refractivity (Wildman–Crippen MR) is 98.2 cm³/mol. The van der Waals surface area contributed by atoms with Crippen molar-refractivity contribution in [2.24, 2.45) is 4.99 Å². The second kappa shape index (κ2) is 10.4. The molecule has 8 heteroatoms. The van der Waals surface area contributed by atoms with Crippen molar-refractivity contribution in [1.82, 2.24) is 20.4 Å². The molecule has 0 aliphatic carbocycles. The molecule has 1 aromatic carbocycles. The smallest absolute Gasteiger partial charge is 0.356 e. The monoisotopic (exact) mass is 371 g/mol. The second-order valence-corrected chi connectivity index (χ2v) is 6.39. The highest BCUT2D eigenvalue weighted by Crippen LogP contribution is 2.18. The Balaban J connectivity index is 1.59. The van der Waals surface area contributed by atoms with Gasteiger partial charge in [0, 0.05) is 59.4 Å². The molecule has 146 valence electrons. The Labute approximate surface area is 153 Å². The summed E-state index contributed by atoms with van der Waals surface area (Å²) in [5.41, 5.74) is 1.33. The summed E-state index contributed by atoms with van der Waals surface area (Å²) in [6.07, 6.45) is -5.01. The molecule has 2 N–H and O–H groups in total. The summed E-state index contributed by atoms with van der Waals surface area (Å²) in [7, 11) is 1.56. The van der Waals surface area contributed by atoms with Crippen LogP contribution in [0.15, 0.2) is 35.3 Å². The Morgan fingerprint density at radius 3 is 2.23 bits per heavy atom. The van der Waals surface area contributed by atoms with Crippen LogP contribution in [-0.4, -0.2) is 74.8 Å². The van der Waals surface area contributed by atoms with Crippen LogP contribution in [0.1, 0.15) is 12.0 Å². The number of nitrogens with zero attached hydrogens (tertiary/aromatic N) is 3. The van der Waals surface area contributed by atoms with E-state index in [-0.39, 0.29) is 6.54 Å². The number of guanidine groups is 1. The van der Waals surface area contributed by atoms with Gasteiger partial charge in [0.15, 0.2) is 5.96 Å². The second-order valence-electron chi connectivity index (χ2n) is 6.39. The highest BCUT2D eigenvalue weighted by molar-refractivity contribution is 5.79. The van der Waals surface area contributed by atoms with Crippen molar-refractivity contribution in [3.63, 3.8) is 0 Å². The van der Waals surface area contributed by atoms with E-state index in [9.17, 15) is 13.2 Å². The molecule has 0 bridgehead atoms. The van der Waals surface area contributed by atoms with Crippen LogP contribution >= 0.6 is 0 Å². The number of halogens is 3. The van der Waals surface area contributed by atoms with Crippen molar-refractivity contribution < 1.29 is 13.2 Å². The van der Waals surface area contributed by atoms with Gasteiger partial charge < -0.3 is 10.6 Å². The molecule has 5 nitrogen and oxygen atoms in total. The van der Waals surface area contributed by atoms with Gasteiger partial charge in [-0.15, -0.1) is 0 Å². The van der Waals surface area contributed by atoms with E-state index < -0.39 is 12.6 Å². The zero-order valence-corrected chi connectivity index (χ0v) is 15.2. The van der Waals surface area contributed by atoms with Crippen LogP contribution in [0.5, 0.6) is 0 Å². The molecule has 0 atom stereocenters. The minimum Gasteiger partial charge on any atom is -0.356 e. The summed E-state index contributed by atoms with van der Waals surface area (Å²) in [5, 5.41) is 5.76. The van der Waals surface area contributed by atoms with Crippen LogP contribution in [0.2, 0.25) is 0 Å². The molecule has 1 saturated heterocycles. The Morgan fingerprint density at radius 1 is 1.00 bits per heavy atom. The van der Waals surface area contributed by atoms with Crippen molar-refractivity contribution in [1.29, 1.82) is 0 Å². The quantitative estimate of drug-likeness (QED) is 0.568. The largest absolute Gasteiger partial charge is 0.390 e. The Hall–Kier alpha value is -1.80. The molecule has 26 heavy (non-hydrogen) atoms. The van der Waals surface area contributed by atoms with E-state index in [0.717, 1.165) is 39.3 Å². The zero-order chi connectivity index (χ0) is 18.8. The van der Waals surface area contributed by atoms with Crippen LogP contribution < -0.4 is 10.6 Å². The first-order chi connectivity index (χ1) is 12.5. The molecule has 1 heterocycles. The predicted octanol–water partition coefficient (Wildman–Crippen LogP) is 1.92. The summed E-state index contributed by atoms with van der Waals surface area (Å²) in [5.74, 6) is 0.414. The SMILES string of the molecule is CN=C(NCCN1CCN(Cc2ccccc2)CC1)NCCC(F)(F)F. The van der Waals surface area contributed by atoms with Gasteiger partial charge in [0.2, 0.25) is 0 Å². The first kappa shape index (κ1) is 20.5. The maximum absolute atomic E-state index is 12.2. The standard InChI is InChI=1S/C18H28F3N5/c1-22-17(23-8-7-18(19,20)21)24-9-10-25-11-13-26(14-12-25)15-16-5-3-2-4-6-16/h2-6H,7-15H2,1H3,(H2,22,23,24). The summed E-state index contributed by atoms with van der Waals surface area (Å²) >= 11 is 0. The van der Waals surface area contributed by atoms with Crippen LogP contribution in [0.3, 0.4) is 0 Å². The average molecular weight is 371 g/mol. The minimum atomic E-state index is -4.15. The lowest BCUT2D eigenvalue weighted by Crippen LogP contribution is -2.49. The molecule has 2 rings (SSSR count). The number of alkyl halides is 3. The van der Waals surface area contributed by atoms with Gasteiger partial charge in [-0.3, -0.25) is 14.8 Å². The molecule has 0 aromatic heterocycles. The maximum Gasteiger partial charge on any atom is 0.390 e. The summed E-state index contributed by atoms with van der Waals surface area (Å²) in [6.45, 7) is 6.34. The van der Waals surface area contributed by atoms with Gasteiger partial charge in [-0.25, -0.2) is 0 Å². The fourth-order valence-corrected chi connectivity index (χ4v) is 2.89. The highest BCUT2D eigenvalue weighted by atomic mass is 19.4. The van der Waals surface area contributed by atoms with E-state index in [1.165, 1.54) is 5.56 Å². The third kappa shape index (κ3) is 8.05. The first-order valence-electron chi connectivity index (χ1n) is 8.96. The third-order valence-electron chi connectivity index (χ3n) is 4.36. The number of rotatable bonds is 7. The molecule has 0 amide bonds. The van der Waals surface area contributed by atoms with Gasteiger partial charge in [-0.05, 0) is 5.56 Å². The number of benzene rings is 1. The van der Waals surface area contributed by atoms with E-state index in [4.69, 9.17) is 0 Å². The molecule has 1 aliphatic heterocycles. The van der Waals surface area contributed by atoms with Crippen molar-refractivity contribution in [3.05, 3.63) is 35.9 Å². The third-order valence-corrected chi connectivity index (χ3v) is 4.36. The number of hydrogen-bond acceptors (Lipinski definition) is 3. The molecule has 1 aliphatic rings. The van der Waals surface area contributed by atoms with Crippen LogP contribution in [0.25, 0.3) is 0 Å². The van der Waals surface area contributed by atoms with Gasteiger partial charge in [0.05, 0.1) is 6.42 Å². The molecule has 0 radical (unpaired) electrons. The lowest BCUT2D eigenvalue weighted by atomic mass is 10.2. The van der Waals surface area contributed by atoms with Gasteiger partial charge in [0.1, 0.15) is 0 Å². The molecular weight excluding hydrogens is 343 g/mol. The Morgan fingerprint density at radius 2 is 1.62 bits per heavy atom.